The highest BCUT2D eigenvalue weighted by molar-refractivity contribution is 8.18. The van der Waals surface area contributed by atoms with Crippen molar-refractivity contribution in [3.63, 3.8) is 0 Å². The van der Waals surface area contributed by atoms with E-state index in [9.17, 15) is 14.9 Å². The van der Waals surface area contributed by atoms with Crippen LogP contribution in [0.5, 0.6) is 11.5 Å². The molecule has 0 atom stereocenters. The number of amides is 1. The van der Waals surface area contributed by atoms with Crippen LogP contribution >= 0.6 is 11.8 Å². The van der Waals surface area contributed by atoms with Gasteiger partial charge in [0, 0.05) is 18.2 Å². The molecule has 0 aromatic heterocycles. The maximum Gasteiger partial charge on any atom is 0.337 e. The summed E-state index contributed by atoms with van der Waals surface area (Å²) in [5.41, 5.74) is 3.96. The van der Waals surface area contributed by atoms with Crippen molar-refractivity contribution in [1.29, 1.82) is 5.26 Å². The van der Waals surface area contributed by atoms with Gasteiger partial charge in [0.2, 0.25) is 0 Å². The number of benzene rings is 3. The number of aliphatic imine (C=N–C) groups is 1. The fraction of sp³-hybridized carbons (Fsp3) is 0.188. The summed E-state index contributed by atoms with van der Waals surface area (Å²) in [4.78, 5) is 31.4. The Morgan fingerprint density at radius 1 is 1.12 bits per heavy atom. The second kappa shape index (κ2) is 13.5. The summed E-state index contributed by atoms with van der Waals surface area (Å²) < 4.78 is 16.9. The van der Waals surface area contributed by atoms with Gasteiger partial charge in [-0.05, 0) is 79.2 Å². The largest absolute Gasteiger partial charge is 0.490 e. The number of esters is 1. The molecule has 1 fully saturated rings. The van der Waals surface area contributed by atoms with Crippen molar-refractivity contribution in [3.05, 3.63) is 106 Å². The molecule has 0 aliphatic carbocycles. The van der Waals surface area contributed by atoms with Crippen LogP contribution in [0.25, 0.3) is 6.08 Å². The molecule has 0 bridgehead atoms. The molecule has 1 aliphatic heterocycles. The minimum absolute atomic E-state index is 0.184. The van der Waals surface area contributed by atoms with Crippen molar-refractivity contribution >= 4 is 40.6 Å². The highest BCUT2D eigenvalue weighted by atomic mass is 32.2. The third-order valence-electron chi connectivity index (χ3n) is 6.14. The Labute approximate surface area is 243 Å². The molecule has 8 nitrogen and oxygen atoms in total. The number of ether oxygens (including phenoxy) is 3. The summed E-state index contributed by atoms with van der Waals surface area (Å²) in [6, 6.07) is 19.9. The number of hydrogen-bond donors (Lipinski definition) is 0. The number of nitriles is 1. The minimum Gasteiger partial charge on any atom is -0.490 e. The Hall–Kier alpha value is -4.81. The van der Waals surface area contributed by atoms with E-state index in [1.165, 1.54) is 23.8 Å². The number of methoxy groups -OCH3 is 1. The number of rotatable bonds is 10. The third kappa shape index (κ3) is 6.86. The van der Waals surface area contributed by atoms with Crippen LogP contribution < -0.4 is 9.47 Å². The van der Waals surface area contributed by atoms with Crippen molar-refractivity contribution in [2.45, 2.75) is 20.0 Å². The zero-order valence-electron chi connectivity index (χ0n) is 23.0. The van der Waals surface area contributed by atoms with Gasteiger partial charge in [0.25, 0.3) is 5.91 Å². The number of thioether (sulfide) groups is 1. The molecule has 0 saturated carbocycles. The van der Waals surface area contributed by atoms with E-state index in [4.69, 9.17) is 14.2 Å². The van der Waals surface area contributed by atoms with Crippen molar-refractivity contribution in [2.24, 2.45) is 4.99 Å². The van der Waals surface area contributed by atoms with E-state index in [1.54, 1.807) is 49.5 Å². The molecule has 1 heterocycles. The van der Waals surface area contributed by atoms with Gasteiger partial charge in [-0.3, -0.25) is 9.69 Å². The quantitative estimate of drug-likeness (QED) is 0.161. The fourth-order valence-electron chi connectivity index (χ4n) is 4.11. The summed E-state index contributed by atoms with van der Waals surface area (Å²) in [5, 5.41) is 9.95. The zero-order valence-corrected chi connectivity index (χ0v) is 23.9. The molecule has 3 aromatic carbocycles. The van der Waals surface area contributed by atoms with E-state index in [1.807, 2.05) is 37.3 Å². The molecule has 208 valence electrons. The first-order valence-electron chi connectivity index (χ1n) is 12.8. The van der Waals surface area contributed by atoms with Crippen LogP contribution in [0.1, 0.15) is 39.5 Å². The molecule has 9 heteroatoms. The van der Waals surface area contributed by atoms with Crippen molar-refractivity contribution in [1.82, 2.24) is 4.90 Å². The zero-order chi connectivity index (χ0) is 29.4. The lowest BCUT2D eigenvalue weighted by Crippen LogP contribution is -2.23. The molecule has 1 amide bonds. The highest BCUT2D eigenvalue weighted by Gasteiger charge is 2.30. The number of amidine groups is 1. The normalized spacial score (nSPS) is 14.7. The van der Waals surface area contributed by atoms with E-state index >= 15 is 0 Å². The SMILES string of the molecule is C=CCc1cc(C=C2SC(=Nc3ccc(C(=O)OC)cc3)N(C)C2=O)cc(OCC)c1OCc1ccccc1C#N. The van der Waals surface area contributed by atoms with Gasteiger partial charge in [0.15, 0.2) is 16.7 Å². The summed E-state index contributed by atoms with van der Waals surface area (Å²) in [7, 11) is 3.00. The lowest BCUT2D eigenvalue weighted by Gasteiger charge is -2.17. The topological polar surface area (TPSA) is 101 Å². The standard InChI is InChI=1S/C32H29N3O5S/c1-5-9-23-16-21(17-27(39-6-2)29(23)40-20-25-11-8-7-10-24(25)19-33)18-28-30(36)35(3)32(41-28)34-26-14-12-22(13-15-26)31(37)38-4/h5,7-8,10-18H,1,6,9,20H2,2-4H3. The summed E-state index contributed by atoms with van der Waals surface area (Å²) in [6.45, 7) is 6.39. The fourth-order valence-corrected chi connectivity index (χ4v) is 5.10. The van der Waals surface area contributed by atoms with Crippen LogP contribution in [0, 0.1) is 11.3 Å². The molecular formula is C32H29N3O5S. The van der Waals surface area contributed by atoms with Crippen LogP contribution in [0.15, 0.2) is 83.2 Å². The van der Waals surface area contributed by atoms with E-state index in [-0.39, 0.29) is 12.5 Å². The molecule has 0 radical (unpaired) electrons. The first-order valence-corrected chi connectivity index (χ1v) is 13.7. The molecule has 0 N–H and O–H groups in total. The number of carbonyl (C=O) groups is 2. The molecule has 1 saturated heterocycles. The summed E-state index contributed by atoms with van der Waals surface area (Å²) in [6.07, 6.45) is 4.09. The second-order valence-electron chi connectivity index (χ2n) is 8.90. The molecule has 0 unspecified atom stereocenters. The monoisotopic (exact) mass is 567 g/mol. The number of allylic oxidation sites excluding steroid dienone is 1. The molecule has 0 spiro atoms. The van der Waals surface area contributed by atoms with E-state index in [2.05, 4.69) is 17.6 Å². The molecule has 4 rings (SSSR count). The van der Waals surface area contributed by atoms with Crippen LogP contribution in [-0.2, 0) is 22.6 Å². The lowest BCUT2D eigenvalue weighted by molar-refractivity contribution is -0.121. The number of likely N-dealkylation sites (N-methyl/N-ethyl adjacent to an activating group) is 1. The lowest BCUT2D eigenvalue weighted by atomic mass is 10.0. The van der Waals surface area contributed by atoms with Gasteiger partial charge in [-0.25, -0.2) is 9.79 Å². The van der Waals surface area contributed by atoms with E-state index in [0.29, 0.717) is 51.4 Å². The molecular weight excluding hydrogens is 538 g/mol. The Morgan fingerprint density at radius 2 is 1.88 bits per heavy atom. The van der Waals surface area contributed by atoms with Crippen LogP contribution in [0.3, 0.4) is 0 Å². The first kappa shape index (κ1) is 29.2. The number of nitrogens with zero attached hydrogens (tertiary/aromatic N) is 3. The maximum absolute atomic E-state index is 13.1. The van der Waals surface area contributed by atoms with Gasteiger partial charge in [-0.2, -0.15) is 5.26 Å². The van der Waals surface area contributed by atoms with Crippen LogP contribution in [0.4, 0.5) is 5.69 Å². The molecule has 3 aromatic rings. The van der Waals surface area contributed by atoms with Crippen molar-refractivity contribution in [2.75, 3.05) is 20.8 Å². The van der Waals surface area contributed by atoms with Gasteiger partial charge < -0.3 is 14.2 Å². The second-order valence-corrected chi connectivity index (χ2v) is 9.91. The predicted octanol–water partition coefficient (Wildman–Crippen LogP) is 6.28. The van der Waals surface area contributed by atoms with Crippen LogP contribution in [0.2, 0.25) is 0 Å². The summed E-state index contributed by atoms with van der Waals surface area (Å²) in [5.74, 6) is 0.498. The van der Waals surface area contributed by atoms with Gasteiger partial charge >= 0.3 is 5.97 Å². The van der Waals surface area contributed by atoms with Gasteiger partial charge in [-0.1, -0.05) is 24.3 Å². The smallest absolute Gasteiger partial charge is 0.337 e. The Kier molecular flexibility index (Phi) is 9.61. The van der Waals surface area contributed by atoms with Crippen molar-refractivity contribution < 1.29 is 23.8 Å². The van der Waals surface area contributed by atoms with Gasteiger partial charge in [0.05, 0.1) is 41.5 Å². The first-order chi connectivity index (χ1) is 19.9. The third-order valence-corrected chi connectivity index (χ3v) is 7.20. The number of carbonyl (C=O) groups excluding carboxylic acids is 2. The molecule has 41 heavy (non-hydrogen) atoms. The van der Waals surface area contributed by atoms with Gasteiger partial charge in [0.1, 0.15) is 6.61 Å². The predicted molar refractivity (Wildman–Crippen MR) is 160 cm³/mol. The minimum atomic E-state index is -0.428. The Morgan fingerprint density at radius 3 is 2.56 bits per heavy atom. The maximum atomic E-state index is 13.1. The number of hydrogen-bond acceptors (Lipinski definition) is 8. The van der Waals surface area contributed by atoms with Gasteiger partial charge in [-0.15, -0.1) is 6.58 Å². The highest BCUT2D eigenvalue weighted by Crippen LogP contribution is 2.38. The Balaban J connectivity index is 1.63. The van der Waals surface area contributed by atoms with E-state index in [0.717, 1.165) is 16.7 Å². The van der Waals surface area contributed by atoms with E-state index < -0.39 is 5.97 Å². The van der Waals surface area contributed by atoms with Crippen molar-refractivity contribution in [3.8, 4) is 17.6 Å². The average molecular weight is 568 g/mol. The summed E-state index contributed by atoms with van der Waals surface area (Å²) >= 11 is 1.26. The Bertz CT molecular complexity index is 1570. The average Bonchev–Trinajstić information content (AvgIpc) is 3.24. The van der Waals surface area contributed by atoms with Crippen LogP contribution in [-0.4, -0.2) is 42.7 Å². The molecule has 1 aliphatic rings.